The molecule has 0 saturated heterocycles. The van der Waals surface area contributed by atoms with Gasteiger partial charge in [-0.05, 0) is 30.5 Å². The number of nitrogens with zero attached hydrogens (tertiary/aromatic N) is 2. The molecule has 0 aliphatic heterocycles. The summed E-state index contributed by atoms with van der Waals surface area (Å²) in [6.45, 7) is 4.66. The third-order valence-electron chi connectivity index (χ3n) is 3.49. The second kappa shape index (κ2) is 5.87. The summed E-state index contributed by atoms with van der Waals surface area (Å²) in [7, 11) is 0. The molecule has 0 saturated carbocycles. The van der Waals surface area contributed by atoms with Crippen molar-refractivity contribution in [1.29, 1.82) is 0 Å². The number of fused-ring (bicyclic) bond motifs is 1. The van der Waals surface area contributed by atoms with Crippen LogP contribution in [0.5, 0.6) is 0 Å². The summed E-state index contributed by atoms with van der Waals surface area (Å²) < 4.78 is 0. The lowest BCUT2D eigenvalue weighted by Crippen LogP contribution is -2.39. The Bertz CT molecular complexity index is 431. The molecule has 1 aromatic rings. The Morgan fingerprint density at radius 1 is 1.50 bits per heavy atom. The fourth-order valence-electron chi connectivity index (χ4n) is 2.65. The Morgan fingerprint density at radius 3 is 2.94 bits per heavy atom. The Morgan fingerprint density at radius 2 is 2.28 bits per heavy atom. The summed E-state index contributed by atoms with van der Waals surface area (Å²) in [6.07, 6.45) is 2.22. The number of hydrogen-bond acceptors (Lipinski definition) is 3. The molecule has 1 atom stereocenters. The third-order valence-corrected chi connectivity index (χ3v) is 3.49. The Balaban J connectivity index is 1.95. The van der Waals surface area contributed by atoms with E-state index < -0.39 is 0 Å². The largest absolute Gasteiger partial charge is 0.409 e. The molecule has 0 spiro atoms. The van der Waals surface area contributed by atoms with Gasteiger partial charge in [-0.2, -0.15) is 0 Å². The SMILES string of the molecule is CCCN(CC(N)=NO)CC1Cc2ccccc21. The van der Waals surface area contributed by atoms with E-state index in [1.165, 1.54) is 11.1 Å². The van der Waals surface area contributed by atoms with Crippen molar-refractivity contribution in [2.75, 3.05) is 19.6 Å². The van der Waals surface area contributed by atoms with Gasteiger partial charge in [-0.25, -0.2) is 0 Å². The number of benzene rings is 1. The first-order chi connectivity index (χ1) is 8.74. The van der Waals surface area contributed by atoms with Crippen LogP contribution in [-0.2, 0) is 6.42 Å². The lowest BCUT2D eigenvalue weighted by molar-refractivity contribution is 0.270. The summed E-state index contributed by atoms with van der Waals surface area (Å²) in [4.78, 5) is 2.26. The van der Waals surface area contributed by atoms with Gasteiger partial charge in [0.1, 0.15) is 0 Å². The van der Waals surface area contributed by atoms with Crippen LogP contribution in [0.4, 0.5) is 0 Å². The highest BCUT2D eigenvalue weighted by Crippen LogP contribution is 2.35. The van der Waals surface area contributed by atoms with Gasteiger partial charge in [0.2, 0.25) is 0 Å². The maximum Gasteiger partial charge on any atom is 0.153 e. The van der Waals surface area contributed by atoms with Gasteiger partial charge in [-0.3, -0.25) is 4.90 Å². The highest BCUT2D eigenvalue weighted by Gasteiger charge is 2.27. The molecule has 2 rings (SSSR count). The molecule has 98 valence electrons. The molecule has 1 aliphatic rings. The first kappa shape index (κ1) is 12.9. The van der Waals surface area contributed by atoms with Gasteiger partial charge in [-0.1, -0.05) is 36.3 Å². The van der Waals surface area contributed by atoms with Gasteiger partial charge < -0.3 is 10.9 Å². The van der Waals surface area contributed by atoms with E-state index >= 15 is 0 Å². The number of amidine groups is 1. The molecule has 18 heavy (non-hydrogen) atoms. The summed E-state index contributed by atoms with van der Waals surface area (Å²) in [5.41, 5.74) is 8.51. The van der Waals surface area contributed by atoms with Crippen molar-refractivity contribution < 1.29 is 5.21 Å². The summed E-state index contributed by atoms with van der Waals surface area (Å²) in [6, 6.07) is 8.59. The van der Waals surface area contributed by atoms with Crippen LogP contribution >= 0.6 is 0 Å². The van der Waals surface area contributed by atoms with Crippen molar-refractivity contribution >= 4 is 5.84 Å². The molecule has 0 heterocycles. The molecule has 4 nitrogen and oxygen atoms in total. The number of rotatable bonds is 6. The Hall–Kier alpha value is -1.55. The second-order valence-electron chi connectivity index (χ2n) is 4.93. The van der Waals surface area contributed by atoms with Gasteiger partial charge in [0.15, 0.2) is 5.84 Å². The fourth-order valence-corrected chi connectivity index (χ4v) is 2.65. The first-order valence-corrected chi connectivity index (χ1v) is 6.51. The summed E-state index contributed by atoms with van der Waals surface area (Å²) in [5.74, 6) is 0.885. The smallest absolute Gasteiger partial charge is 0.153 e. The molecule has 0 fully saturated rings. The fraction of sp³-hybridized carbons (Fsp3) is 0.500. The van der Waals surface area contributed by atoms with Crippen LogP contribution in [0.3, 0.4) is 0 Å². The first-order valence-electron chi connectivity index (χ1n) is 6.51. The second-order valence-corrected chi connectivity index (χ2v) is 4.93. The van der Waals surface area contributed by atoms with Gasteiger partial charge in [-0.15, -0.1) is 0 Å². The topological polar surface area (TPSA) is 61.8 Å². The van der Waals surface area contributed by atoms with Gasteiger partial charge in [0.05, 0.1) is 6.54 Å². The van der Waals surface area contributed by atoms with Crippen LogP contribution in [0.1, 0.15) is 30.4 Å². The molecule has 0 radical (unpaired) electrons. The lowest BCUT2D eigenvalue weighted by Gasteiger charge is -2.34. The van der Waals surface area contributed by atoms with E-state index in [-0.39, 0.29) is 5.84 Å². The zero-order valence-corrected chi connectivity index (χ0v) is 10.8. The predicted molar refractivity (Wildman–Crippen MR) is 73.0 cm³/mol. The van der Waals surface area contributed by atoms with Gasteiger partial charge >= 0.3 is 0 Å². The molecule has 1 aliphatic carbocycles. The van der Waals surface area contributed by atoms with Crippen molar-refractivity contribution in [2.24, 2.45) is 10.9 Å². The normalized spacial score (nSPS) is 18.6. The predicted octanol–water partition coefficient (Wildman–Crippen LogP) is 1.78. The minimum absolute atomic E-state index is 0.288. The summed E-state index contributed by atoms with van der Waals surface area (Å²) in [5, 5.41) is 11.7. The Kier molecular flexibility index (Phi) is 4.20. The van der Waals surface area contributed by atoms with Crippen LogP contribution in [-0.4, -0.2) is 35.6 Å². The van der Waals surface area contributed by atoms with Crippen molar-refractivity contribution in [1.82, 2.24) is 4.90 Å². The zero-order chi connectivity index (χ0) is 13.0. The molecule has 0 amide bonds. The van der Waals surface area contributed by atoms with Crippen LogP contribution in [0.2, 0.25) is 0 Å². The molecule has 1 aromatic carbocycles. The van der Waals surface area contributed by atoms with Crippen LogP contribution in [0, 0.1) is 0 Å². The van der Waals surface area contributed by atoms with Crippen LogP contribution in [0.25, 0.3) is 0 Å². The van der Waals surface area contributed by atoms with Crippen LogP contribution < -0.4 is 5.73 Å². The van der Waals surface area contributed by atoms with Gasteiger partial charge in [0, 0.05) is 12.5 Å². The van der Waals surface area contributed by atoms with E-state index in [1.807, 2.05) is 0 Å². The van der Waals surface area contributed by atoms with Gasteiger partial charge in [0.25, 0.3) is 0 Å². The van der Waals surface area contributed by atoms with Crippen molar-refractivity contribution in [3.8, 4) is 0 Å². The number of hydrogen-bond donors (Lipinski definition) is 2. The minimum Gasteiger partial charge on any atom is -0.409 e. The van der Waals surface area contributed by atoms with Crippen LogP contribution in [0.15, 0.2) is 29.4 Å². The average molecular weight is 247 g/mol. The standard InChI is InChI=1S/C14H21N3O/c1-2-7-17(10-14(15)16-18)9-12-8-11-5-3-4-6-13(11)12/h3-6,12,18H,2,7-10H2,1H3,(H2,15,16). The maximum atomic E-state index is 8.65. The Labute approximate surface area is 108 Å². The lowest BCUT2D eigenvalue weighted by atomic mass is 9.77. The molecule has 1 unspecified atom stereocenters. The van der Waals surface area contributed by atoms with Crippen molar-refractivity contribution in [3.05, 3.63) is 35.4 Å². The quantitative estimate of drug-likeness (QED) is 0.349. The van der Waals surface area contributed by atoms with E-state index in [1.54, 1.807) is 0 Å². The minimum atomic E-state index is 0.288. The zero-order valence-electron chi connectivity index (χ0n) is 10.8. The molecule has 0 aromatic heterocycles. The molecule has 3 N–H and O–H groups in total. The average Bonchev–Trinajstić information content (AvgIpc) is 2.36. The van der Waals surface area contributed by atoms with E-state index in [0.29, 0.717) is 12.5 Å². The molecule has 0 bridgehead atoms. The van der Waals surface area contributed by atoms with E-state index in [2.05, 4.69) is 41.2 Å². The van der Waals surface area contributed by atoms with E-state index in [9.17, 15) is 0 Å². The number of oxime groups is 1. The molecule has 4 heteroatoms. The highest BCUT2D eigenvalue weighted by molar-refractivity contribution is 5.81. The van der Waals surface area contributed by atoms with E-state index in [4.69, 9.17) is 10.9 Å². The monoisotopic (exact) mass is 247 g/mol. The third kappa shape index (κ3) is 2.82. The maximum absolute atomic E-state index is 8.65. The van der Waals surface area contributed by atoms with E-state index in [0.717, 1.165) is 25.9 Å². The number of nitrogens with two attached hydrogens (primary N) is 1. The molecular weight excluding hydrogens is 226 g/mol. The molecular formula is C14H21N3O. The summed E-state index contributed by atoms with van der Waals surface area (Å²) >= 11 is 0. The highest BCUT2D eigenvalue weighted by atomic mass is 16.4. The van der Waals surface area contributed by atoms with Crippen molar-refractivity contribution in [2.45, 2.75) is 25.7 Å². The van der Waals surface area contributed by atoms with Crippen molar-refractivity contribution in [3.63, 3.8) is 0 Å².